The van der Waals surface area contributed by atoms with Gasteiger partial charge in [0.2, 0.25) is 0 Å². The van der Waals surface area contributed by atoms with E-state index in [4.69, 9.17) is 9.15 Å². The van der Waals surface area contributed by atoms with Crippen molar-refractivity contribution >= 4 is 17.5 Å². The minimum atomic E-state index is -0.228. The van der Waals surface area contributed by atoms with E-state index in [1.165, 1.54) is 0 Å². The van der Waals surface area contributed by atoms with E-state index in [1.807, 2.05) is 0 Å². The Morgan fingerprint density at radius 1 is 1.35 bits per heavy atom. The van der Waals surface area contributed by atoms with Crippen molar-refractivity contribution in [1.29, 1.82) is 0 Å². The highest BCUT2D eigenvalue weighted by atomic mass is 16.5. The van der Waals surface area contributed by atoms with Crippen LogP contribution in [0.3, 0.4) is 0 Å². The fraction of sp³-hybridized carbons (Fsp3) is 0.143. The zero-order valence-corrected chi connectivity index (χ0v) is 10.5. The highest BCUT2D eigenvalue weighted by molar-refractivity contribution is 5.99. The maximum absolute atomic E-state index is 12.0. The average molecular weight is 272 g/mol. The van der Waals surface area contributed by atoms with E-state index in [1.54, 1.807) is 36.8 Å². The zero-order chi connectivity index (χ0) is 13.9. The van der Waals surface area contributed by atoms with Gasteiger partial charge in [-0.1, -0.05) is 0 Å². The topological polar surface area (TPSA) is 80.6 Å². The maximum atomic E-state index is 12.0. The Morgan fingerprint density at radius 3 is 3.05 bits per heavy atom. The van der Waals surface area contributed by atoms with E-state index in [2.05, 4.69) is 10.6 Å². The van der Waals surface area contributed by atoms with Crippen LogP contribution in [-0.2, 0) is 11.3 Å². The largest absolute Gasteiger partial charge is 0.482 e. The number of benzene rings is 1. The Morgan fingerprint density at radius 2 is 2.25 bits per heavy atom. The van der Waals surface area contributed by atoms with Gasteiger partial charge >= 0.3 is 0 Å². The summed E-state index contributed by atoms with van der Waals surface area (Å²) in [5.74, 6) is 0.110. The summed E-state index contributed by atoms with van der Waals surface area (Å²) in [6.07, 6.45) is 3.12. The van der Waals surface area contributed by atoms with Crippen LogP contribution in [0.2, 0.25) is 0 Å². The van der Waals surface area contributed by atoms with Crippen LogP contribution in [0.1, 0.15) is 15.9 Å². The van der Waals surface area contributed by atoms with Gasteiger partial charge in [-0.2, -0.15) is 0 Å². The van der Waals surface area contributed by atoms with Crippen LogP contribution in [0, 0.1) is 0 Å². The molecule has 102 valence electrons. The molecule has 0 aliphatic carbocycles. The predicted octanol–water partition coefficient (Wildman–Crippen LogP) is 1.54. The number of fused-ring (bicyclic) bond motifs is 1. The van der Waals surface area contributed by atoms with E-state index in [9.17, 15) is 9.59 Å². The summed E-state index contributed by atoms with van der Waals surface area (Å²) in [5.41, 5.74) is 1.85. The van der Waals surface area contributed by atoms with Gasteiger partial charge in [-0.05, 0) is 24.3 Å². The number of nitrogens with one attached hydrogen (secondary N) is 2. The van der Waals surface area contributed by atoms with Gasteiger partial charge in [0.25, 0.3) is 11.8 Å². The van der Waals surface area contributed by atoms with Crippen LogP contribution in [0.15, 0.2) is 41.2 Å². The molecule has 3 rings (SSSR count). The lowest BCUT2D eigenvalue weighted by molar-refractivity contribution is -0.118. The third-order valence-corrected chi connectivity index (χ3v) is 2.91. The van der Waals surface area contributed by atoms with E-state index >= 15 is 0 Å². The predicted molar refractivity (Wildman–Crippen MR) is 70.4 cm³/mol. The monoisotopic (exact) mass is 272 g/mol. The van der Waals surface area contributed by atoms with Gasteiger partial charge in [0.15, 0.2) is 6.61 Å². The molecule has 0 saturated carbocycles. The Bertz CT molecular complexity index is 649. The van der Waals surface area contributed by atoms with Crippen molar-refractivity contribution in [3.63, 3.8) is 0 Å². The normalized spacial score (nSPS) is 13.1. The fourth-order valence-corrected chi connectivity index (χ4v) is 1.90. The molecule has 2 aromatic rings. The quantitative estimate of drug-likeness (QED) is 0.888. The Balaban J connectivity index is 1.72. The highest BCUT2D eigenvalue weighted by Gasteiger charge is 2.17. The summed E-state index contributed by atoms with van der Waals surface area (Å²) in [7, 11) is 0. The Labute approximate surface area is 114 Å². The van der Waals surface area contributed by atoms with Gasteiger partial charge in [-0.3, -0.25) is 9.59 Å². The van der Waals surface area contributed by atoms with Crippen LogP contribution in [-0.4, -0.2) is 18.4 Å². The number of amides is 2. The van der Waals surface area contributed by atoms with Gasteiger partial charge in [-0.25, -0.2) is 0 Å². The third-order valence-electron chi connectivity index (χ3n) is 2.91. The summed E-state index contributed by atoms with van der Waals surface area (Å²) in [4.78, 5) is 23.3. The van der Waals surface area contributed by atoms with Crippen molar-refractivity contribution in [2.45, 2.75) is 6.54 Å². The first-order valence-electron chi connectivity index (χ1n) is 6.08. The molecule has 6 heteroatoms. The molecule has 0 atom stereocenters. The standard InChI is InChI=1S/C14H12N2O4/c17-13-8-20-12-2-1-10(5-11(12)16-13)14(18)15-6-9-3-4-19-7-9/h1-5,7H,6,8H2,(H,15,18)(H,16,17). The summed E-state index contributed by atoms with van der Waals surface area (Å²) in [5, 5.41) is 5.43. The van der Waals surface area contributed by atoms with Gasteiger partial charge < -0.3 is 19.8 Å². The Kier molecular flexibility index (Phi) is 3.12. The number of rotatable bonds is 3. The average Bonchev–Trinajstić information content (AvgIpc) is 2.97. The maximum Gasteiger partial charge on any atom is 0.262 e. The van der Waals surface area contributed by atoms with Crippen molar-refractivity contribution in [1.82, 2.24) is 5.32 Å². The highest BCUT2D eigenvalue weighted by Crippen LogP contribution is 2.28. The molecule has 20 heavy (non-hydrogen) atoms. The summed E-state index contributed by atoms with van der Waals surface area (Å²) in [6, 6.07) is 6.70. The number of anilines is 1. The number of carbonyl (C=O) groups is 2. The molecule has 0 saturated heterocycles. The first kappa shape index (κ1) is 12.3. The summed E-state index contributed by atoms with van der Waals surface area (Å²) in [6.45, 7) is 0.383. The lowest BCUT2D eigenvalue weighted by Gasteiger charge is -2.18. The van der Waals surface area contributed by atoms with E-state index < -0.39 is 0 Å². The van der Waals surface area contributed by atoms with Gasteiger partial charge in [0.1, 0.15) is 5.75 Å². The van der Waals surface area contributed by atoms with Crippen LogP contribution >= 0.6 is 0 Å². The molecule has 2 amide bonds. The van der Waals surface area contributed by atoms with Gasteiger partial charge in [0, 0.05) is 17.7 Å². The van der Waals surface area contributed by atoms with Crippen molar-refractivity contribution in [3.8, 4) is 5.75 Å². The molecule has 2 N–H and O–H groups in total. The molecule has 0 bridgehead atoms. The van der Waals surface area contributed by atoms with Crippen molar-refractivity contribution in [2.24, 2.45) is 0 Å². The molecular formula is C14H12N2O4. The molecule has 0 radical (unpaired) electrons. The molecule has 6 nitrogen and oxygen atoms in total. The molecule has 1 aliphatic rings. The van der Waals surface area contributed by atoms with Crippen molar-refractivity contribution in [3.05, 3.63) is 47.9 Å². The number of hydrogen-bond donors (Lipinski definition) is 2. The molecule has 1 aliphatic heterocycles. The number of ether oxygens (including phenoxy) is 1. The fourth-order valence-electron chi connectivity index (χ4n) is 1.90. The molecular weight excluding hydrogens is 260 g/mol. The molecule has 1 aromatic carbocycles. The van der Waals surface area contributed by atoms with Crippen LogP contribution in [0.25, 0.3) is 0 Å². The Hall–Kier alpha value is -2.76. The van der Waals surface area contributed by atoms with Crippen LogP contribution in [0.4, 0.5) is 5.69 Å². The van der Waals surface area contributed by atoms with Crippen molar-refractivity contribution in [2.75, 3.05) is 11.9 Å². The first-order chi connectivity index (χ1) is 9.72. The SMILES string of the molecule is O=C1COc2ccc(C(=O)NCc3ccoc3)cc2N1. The lowest BCUT2D eigenvalue weighted by atomic mass is 10.1. The van der Waals surface area contributed by atoms with E-state index in [0.717, 1.165) is 5.56 Å². The summed E-state index contributed by atoms with van der Waals surface area (Å²) >= 11 is 0. The van der Waals surface area contributed by atoms with Crippen LogP contribution < -0.4 is 15.4 Å². The number of hydrogen-bond acceptors (Lipinski definition) is 4. The minimum absolute atomic E-state index is 0.000960. The summed E-state index contributed by atoms with van der Waals surface area (Å²) < 4.78 is 10.2. The van der Waals surface area contributed by atoms with Crippen LogP contribution in [0.5, 0.6) is 5.75 Å². The molecule has 0 spiro atoms. The second-order valence-electron chi connectivity index (χ2n) is 4.36. The minimum Gasteiger partial charge on any atom is -0.482 e. The smallest absolute Gasteiger partial charge is 0.262 e. The molecule has 0 unspecified atom stereocenters. The number of carbonyl (C=O) groups excluding carboxylic acids is 2. The molecule has 2 heterocycles. The van der Waals surface area contributed by atoms with E-state index in [0.29, 0.717) is 23.5 Å². The van der Waals surface area contributed by atoms with E-state index in [-0.39, 0.29) is 18.4 Å². The first-order valence-corrected chi connectivity index (χ1v) is 6.08. The second-order valence-corrected chi connectivity index (χ2v) is 4.36. The van der Waals surface area contributed by atoms with Crippen molar-refractivity contribution < 1.29 is 18.7 Å². The van der Waals surface area contributed by atoms with Gasteiger partial charge in [-0.15, -0.1) is 0 Å². The zero-order valence-electron chi connectivity index (χ0n) is 10.5. The lowest BCUT2D eigenvalue weighted by Crippen LogP contribution is -2.26. The third kappa shape index (κ3) is 2.49. The molecule has 0 fully saturated rings. The second kappa shape index (κ2) is 5.08. The number of furan rings is 1. The van der Waals surface area contributed by atoms with Gasteiger partial charge in [0.05, 0.1) is 18.2 Å². The molecule has 1 aromatic heterocycles.